The molecule has 0 aliphatic rings. The van der Waals surface area contributed by atoms with E-state index >= 15 is 0 Å². The lowest BCUT2D eigenvalue weighted by Gasteiger charge is -1.97. The van der Waals surface area contributed by atoms with Gasteiger partial charge >= 0.3 is 5.82 Å². The number of hydrogen-bond donors (Lipinski definition) is 0. The lowest BCUT2D eigenvalue weighted by Crippen LogP contribution is -1.96. The second-order valence-electron chi connectivity index (χ2n) is 3.06. The first-order chi connectivity index (χ1) is 8.08. The average molecular weight is 235 g/mol. The molecule has 2 aromatic rings. The second kappa shape index (κ2) is 3.96. The van der Waals surface area contributed by atoms with Crippen molar-refractivity contribution in [2.75, 3.05) is 0 Å². The Morgan fingerprint density at radius 1 is 1.18 bits per heavy atom. The molecule has 0 spiro atoms. The van der Waals surface area contributed by atoms with Crippen molar-refractivity contribution in [1.29, 1.82) is 0 Å². The van der Waals surface area contributed by atoms with Crippen LogP contribution in [0.5, 0.6) is 0 Å². The fraction of sp³-hybridized carbons (Fsp3) is 0. The van der Waals surface area contributed by atoms with E-state index in [-0.39, 0.29) is 5.69 Å². The van der Waals surface area contributed by atoms with Crippen LogP contribution >= 0.6 is 0 Å². The molecular weight excluding hydrogens is 230 g/mol. The van der Waals surface area contributed by atoms with Gasteiger partial charge in [0.05, 0.1) is 15.8 Å². The van der Waals surface area contributed by atoms with Gasteiger partial charge in [0.25, 0.3) is 5.69 Å². The highest BCUT2D eigenvalue weighted by Crippen LogP contribution is 2.17. The van der Waals surface area contributed by atoms with E-state index in [2.05, 4.69) is 10.3 Å². The topological polar surface area (TPSA) is 117 Å². The van der Waals surface area contributed by atoms with E-state index in [1.165, 1.54) is 24.3 Å². The Balaban J connectivity index is 2.42. The molecule has 0 N–H and O–H groups in total. The number of aromatic nitrogens is 3. The average Bonchev–Trinajstić information content (AvgIpc) is 2.78. The molecule has 0 atom stereocenters. The third-order valence-corrected chi connectivity index (χ3v) is 1.97. The van der Waals surface area contributed by atoms with Crippen LogP contribution in [0.4, 0.5) is 11.5 Å². The van der Waals surface area contributed by atoms with E-state index in [0.717, 1.165) is 10.9 Å². The van der Waals surface area contributed by atoms with Gasteiger partial charge in [0, 0.05) is 12.1 Å². The molecule has 0 aliphatic heterocycles. The summed E-state index contributed by atoms with van der Waals surface area (Å²) in [5.41, 5.74) is 0.209. The van der Waals surface area contributed by atoms with Crippen LogP contribution in [0, 0.1) is 20.2 Å². The summed E-state index contributed by atoms with van der Waals surface area (Å²) in [5.74, 6) is -0.420. The van der Waals surface area contributed by atoms with Gasteiger partial charge in [0.2, 0.25) is 0 Å². The zero-order valence-electron chi connectivity index (χ0n) is 8.26. The van der Waals surface area contributed by atoms with Gasteiger partial charge in [-0.15, -0.1) is 0 Å². The van der Waals surface area contributed by atoms with E-state index in [9.17, 15) is 20.2 Å². The van der Waals surface area contributed by atoms with Gasteiger partial charge in [-0.3, -0.25) is 10.1 Å². The molecule has 0 fully saturated rings. The van der Waals surface area contributed by atoms with Crippen LogP contribution in [0.2, 0.25) is 0 Å². The minimum atomic E-state index is -0.694. The summed E-state index contributed by atoms with van der Waals surface area (Å²) in [6, 6.07) is 5.56. The highest BCUT2D eigenvalue weighted by Gasteiger charge is 2.14. The van der Waals surface area contributed by atoms with E-state index in [0.29, 0.717) is 5.69 Å². The van der Waals surface area contributed by atoms with Gasteiger partial charge in [-0.2, -0.15) is 4.68 Å². The Labute approximate surface area is 93.6 Å². The van der Waals surface area contributed by atoms with Gasteiger partial charge < -0.3 is 10.1 Å². The highest BCUT2D eigenvalue weighted by atomic mass is 16.6. The maximum absolute atomic E-state index is 10.5. The Morgan fingerprint density at radius 2 is 1.94 bits per heavy atom. The monoisotopic (exact) mass is 235 g/mol. The molecule has 9 heteroatoms. The molecule has 9 nitrogen and oxygen atoms in total. The summed E-state index contributed by atoms with van der Waals surface area (Å²) in [6.07, 6.45) is 1.08. The first kappa shape index (κ1) is 10.7. The van der Waals surface area contributed by atoms with Crippen molar-refractivity contribution in [3.05, 3.63) is 50.7 Å². The number of benzene rings is 1. The molecule has 0 saturated heterocycles. The zero-order chi connectivity index (χ0) is 12.4. The summed E-state index contributed by atoms with van der Waals surface area (Å²) in [6.45, 7) is 0. The first-order valence-corrected chi connectivity index (χ1v) is 4.39. The van der Waals surface area contributed by atoms with E-state index in [4.69, 9.17) is 0 Å². The summed E-state index contributed by atoms with van der Waals surface area (Å²) < 4.78 is 1.10. The van der Waals surface area contributed by atoms with Gasteiger partial charge in [-0.25, -0.2) is 0 Å². The summed E-state index contributed by atoms with van der Waals surface area (Å²) in [7, 11) is 0. The van der Waals surface area contributed by atoms with Gasteiger partial charge in [-0.05, 0) is 11.0 Å². The number of nitrogens with zero attached hydrogens (tertiary/aromatic N) is 5. The van der Waals surface area contributed by atoms with Crippen molar-refractivity contribution in [2.45, 2.75) is 0 Å². The van der Waals surface area contributed by atoms with Crippen LogP contribution in [0.15, 0.2) is 30.5 Å². The van der Waals surface area contributed by atoms with E-state index in [1.807, 2.05) is 0 Å². The van der Waals surface area contributed by atoms with Gasteiger partial charge in [0.15, 0.2) is 0 Å². The summed E-state index contributed by atoms with van der Waals surface area (Å²) in [5, 5.41) is 27.8. The molecule has 1 aromatic carbocycles. The number of nitro benzene ring substituents is 1. The Bertz CT molecular complexity index is 593. The zero-order valence-corrected chi connectivity index (χ0v) is 8.26. The molecule has 86 valence electrons. The fourth-order valence-corrected chi connectivity index (χ4v) is 1.21. The number of non-ortho nitro benzene ring substituents is 1. The van der Waals surface area contributed by atoms with Crippen molar-refractivity contribution < 1.29 is 9.85 Å². The summed E-state index contributed by atoms with van der Waals surface area (Å²) >= 11 is 0. The van der Waals surface area contributed by atoms with Crippen LogP contribution in [-0.4, -0.2) is 24.8 Å². The van der Waals surface area contributed by atoms with Crippen LogP contribution in [0.3, 0.4) is 0 Å². The van der Waals surface area contributed by atoms with Crippen LogP contribution in [0.25, 0.3) is 5.69 Å². The molecular formula is C8H5N5O4. The quantitative estimate of drug-likeness (QED) is 0.580. The van der Waals surface area contributed by atoms with Crippen molar-refractivity contribution in [3.8, 4) is 5.69 Å². The van der Waals surface area contributed by atoms with E-state index < -0.39 is 15.7 Å². The largest absolute Gasteiger partial charge is 0.410 e. The lowest BCUT2D eigenvalue weighted by atomic mass is 10.3. The predicted molar refractivity (Wildman–Crippen MR) is 54.7 cm³/mol. The maximum atomic E-state index is 10.5. The number of rotatable bonds is 3. The highest BCUT2D eigenvalue weighted by molar-refractivity contribution is 5.42. The SMILES string of the molecule is O=[N+]([O-])c1cccc(-n2cc([N+](=O)[O-])nn2)c1. The molecule has 17 heavy (non-hydrogen) atoms. The molecule has 0 saturated carbocycles. The van der Waals surface area contributed by atoms with Crippen LogP contribution < -0.4 is 0 Å². The van der Waals surface area contributed by atoms with E-state index in [1.54, 1.807) is 0 Å². The molecule has 0 aliphatic carbocycles. The van der Waals surface area contributed by atoms with Crippen molar-refractivity contribution in [2.24, 2.45) is 0 Å². The molecule has 1 aromatic heterocycles. The molecule has 0 amide bonds. The minimum absolute atomic E-state index is 0.124. The third kappa shape index (κ3) is 2.07. The molecule has 0 unspecified atom stereocenters. The maximum Gasteiger partial charge on any atom is 0.410 e. The molecule has 1 heterocycles. The minimum Gasteiger partial charge on any atom is -0.358 e. The van der Waals surface area contributed by atoms with Gasteiger partial charge in [-0.1, -0.05) is 6.07 Å². The number of hydrogen-bond acceptors (Lipinski definition) is 6. The van der Waals surface area contributed by atoms with Crippen molar-refractivity contribution in [3.63, 3.8) is 0 Å². The van der Waals surface area contributed by atoms with Crippen molar-refractivity contribution >= 4 is 11.5 Å². The predicted octanol–water partition coefficient (Wildman–Crippen LogP) is 1.08. The Kier molecular flexibility index (Phi) is 2.49. The molecule has 2 rings (SSSR count). The summed E-state index contributed by atoms with van der Waals surface area (Å²) in [4.78, 5) is 19.7. The van der Waals surface area contributed by atoms with Crippen LogP contribution in [0.1, 0.15) is 0 Å². The first-order valence-electron chi connectivity index (χ1n) is 4.39. The second-order valence-corrected chi connectivity index (χ2v) is 3.06. The molecule has 0 radical (unpaired) electrons. The fourth-order valence-electron chi connectivity index (χ4n) is 1.21. The number of nitro groups is 2. The third-order valence-electron chi connectivity index (χ3n) is 1.97. The normalized spacial score (nSPS) is 10.1. The smallest absolute Gasteiger partial charge is 0.358 e. The standard InChI is InChI=1S/C8H5N5O4/c14-12(15)7-3-1-2-6(4-7)11-5-8(9-10-11)13(16)17/h1-5H. The lowest BCUT2D eigenvalue weighted by molar-refractivity contribution is -0.389. The Hall–Kier alpha value is -2.84. The Morgan fingerprint density at radius 3 is 2.53 bits per heavy atom. The van der Waals surface area contributed by atoms with Gasteiger partial charge in [0.1, 0.15) is 11.3 Å². The van der Waals surface area contributed by atoms with Crippen molar-refractivity contribution in [1.82, 2.24) is 15.0 Å². The van der Waals surface area contributed by atoms with Crippen LogP contribution in [-0.2, 0) is 0 Å². The molecule has 0 bridgehead atoms.